The van der Waals surface area contributed by atoms with E-state index in [4.69, 9.17) is 9.47 Å². The van der Waals surface area contributed by atoms with Crippen LogP contribution >= 0.6 is 31.9 Å². The van der Waals surface area contributed by atoms with Crippen molar-refractivity contribution in [3.05, 3.63) is 44.3 Å². The van der Waals surface area contributed by atoms with Gasteiger partial charge in [-0.15, -0.1) is 0 Å². The molecule has 3 aliphatic rings. The van der Waals surface area contributed by atoms with Gasteiger partial charge in [-0.1, -0.05) is 31.9 Å². The number of benzene rings is 2. The first-order valence-corrected chi connectivity index (χ1v) is 12.6. The van der Waals surface area contributed by atoms with Crippen LogP contribution in [0.25, 0.3) is 0 Å². The van der Waals surface area contributed by atoms with E-state index < -0.39 is 0 Å². The highest BCUT2D eigenvalue weighted by Gasteiger charge is 2.21. The maximum atomic E-state index is 11.6. The van der Waals surface area contributed by atoms with E-state index in [1.165, 1.54) is 0 Å². The molecule has 3 heterocycles. The van der Waals surface area contributed by atoms with Gasteiger partial charge in [-0.25, -0.2) is 0 Å². The van der Waals surface area contributed by atoms with Gasteiger partial charge in [-0.05, 0) is 67.0 Å². The van der Waals surface area contributed by atoms with Gasteiger partial charge in [0.1, 0.15) is 11.5 Å². The summed E-state index contributed by atoms with van der Waals surface area (Å²) in [5.74, 6) is 1.46. The SMILES string of the molecule is O=C1CCc2cc(Br)cc(O)c2N1.O=C1CCc2cc(Br)cc(OCC3CCOCC3)c2N1. The molecule has 3 N–H and O–H groups in total. The van der Waals surface area contributed by atoms with Crippen LogP contribution in [0.5, 0.6) is 11.5 Å². The molecule has 0 atom stereocenters. The maximum absolute atomic E-state index is 11.6. The zero-order chi connectivity index (χ0) is 23.4. The highest BCUT2D eigenvalue weighted by molar-refractivity contribution is 9.10. The van der Waals surface area contributed by atoms with Crippen LogP contribution in [-0.4, -0.2) is 36.7 Å². The molecule has 9 heteroatoms. The molecule has 176 valence electrons. The van der Waals surface area contributed by atoms with Crippen molar-refractivity contribution < 1.29 is 24.2 Å². The Morgan fingerprint density at radius 1 is 0.879 bits per heavy atom. The summed E-state index contributed by atoms with van der Waals surface area (Å²) < 4.78 is 13.2. The molecule has 33 heavy (non-hydrogen) atoms. The lowest BCUT2D eigenvalue weighted by atomic mass is 10.0. The summed E-state index contributed by atoms with van der Waals surface area (Å²) in [6, 6.07) is 7.47. The zero-order valence-electron chi connectivity index (χ0n) is 18.1. The number of hydrogen-bond acceptors (Lipinski definition) is 5. The third-order valence-electron chi connectivity index (χ3n) is 5.90. The maximum Gasteiger partial charge on any atom is 0.224 e. The Bertz CT molecular complexity index is 1050. The molecule has 2 amide bonds. The second-order valence-corrected chi connectivity index (χ2v) is 10.2. The molecular weight excluding hydrogens is 556 g/mol. The fourth-order valence-corrected chi connectivity index (χ4v) is 5.08. The number of halogens is 2. The van der Waals surface area contributed by atoms with Gasteiger partial charge in [-0.3, -0.25) is 9.59 Å². The number of phenols is 1. The molecule has 3 aliphatic heterocycles. The number of amides is 2. The quantitative estimate of drug-likeness (QED) is 0.434. The van der Waals surface area contributed by atoms with E-state index in [9.17, 15) is 14.7 Å². The minimum Gasteiger partial charge on any atom is -0.506 e. The fourth-order valence-electron chi connectivity index (χ4n) is 4.10. The van der Waals surface area contributed by atoms with Gasteiger partial charge < -0.3 is 25.2 Å². The van der Waals surface area contributed by atoms with Gasteiger partial charge in [-0.2, -0.15) is 0 Å². The molecule has 0 aromatic heterocycles. The lowest BCUT2D eigenvalue weighted by Crippen LogP contribution is -2.23. The lowest BCUT2D eigenvalue weighted by Gasteiger charge is -2.25. The van der Waals surface area contributed by atoms with Gasteiger partial charge in [0.15, 0.2) is 0 Å². The number of nitrogens with one attached hydrogen (secondary N) is 2. The first-order valence-electron chi connectivity index (χ1n) is 11.0. The van der Waals surface area contributed by atoms with Crippen LogP contribution in [-0.2, 0) is 27.2 Å². The normalized spacial score (nSPS) is 17.6. The second kappa shape index (κ2) is 10.9. The van der Waals surface area contributed by atoms with Crippen LogP contribution in [0.15, 0.2) is 33.2 Å². The van der Waals surface area contributed by atoms with Crippen LogP contribution < -0.4 is 15.4 Å². The van der Waals surface area contributed by atoms with Gasteiger partial charge >= 0.3 is 0 Å². The first kappa shape index (κ1) is 24.0. The lowest BCUT2D eigenvalue weighted by molar-refractivity contribution is -0.117. The Hall–Kier alpha value is -2.10. The molecule has 0 saturated carbocycles. The molecule has 0 unspecified atom stereocenters. The molecule has 5 rings (SSSR count). The monoisotopic (exact) mass is 580 g/mol. The Balaban J connectivity index is 0.000000172. The average Bonchev–Trinajstić information content (AvgIpc) is 2.79. The van der Waals surface area contributed by atoms with Crippen LogP contribution in [0.1, 0.15) is 36.8 Å². The molecule has 0 aliphatic carbocycles. The van der Waals surface area contributed by atoms with E-state index in [-0.39, 0.29) is 17.6 Å². The molecule has 1 fully saturated rings. The van der Waals surface area contributed by atoms with Crippen molar-refractivity contribution in [3.63, 3.8) is 0 Å². The summed E-state index contributed by atoms with van der Waals surface area (Å²) in [5.41, 5.74) is 3.52. The van der Waals surface area contributed by atoms with Crippen molar-refractivity contribution in [1.82, 2.24) is 0 Å². The molecule has 2 aromatic rings. The third kappa shape index (κ3) is 6.28. The largest absolute Gasteiger partial charge is 0.506 e. The van der Waals surface area contributed by atoms with Crippen molar-refractivity contribution in [2.24, 2.45) is 5.92 Å². The summed E-state index contributed by atoms with van der Waals surface area (Å²) in [4.78, 5) is 22.6. The predicted molar refractivity (Wildman–Crippen MR) is 133 cm³/mol. The van der Waals surface area contributed by atoms with Crippen molar-refractivity contribution in [1.29, 1.82) is 0 Å². The van der Waals surface area contributed by atoms with E-state index in [1.54, 1.807) is 6.07 Å². The third-order valence-corrected chi connectivity index (χ3v) is 6.82. The van der Waals surface area contributed by atoms with Gasteiger partial charge in [0.25, 0.3) is 0 Å². The average molecular weight is 582 g/mol. The van der Waals surface area contributed by atoms with E-state index in [0.717, 1.165) is 64.0 Å². The van der Waals surface area contributed by atoms with Crippen molar-refractivity contribution in [3.8, 4) is 11.5 Å². The van der Waals surface area contributed by atoms with Crippen LogP contribution in [0.2, 0.25) is 0 Å². The summed E-state index contributed by atoms with van der Waals surface area (Å²) in [6.45, 7) is 2.32. The van der Waals surface area contributed by atoms with Crippen molar-refractivity contribution >= 4 is 55.0 Å². The molecule has 2 aromatic carbocycles. The number of carbonyl (C=O) groups is 2. The second-order valence-electron chi connectivity index (χ2n) is 8.36. The zero-order valence-corrected chi connectivity index (χ0v) is 21.3. The number of fused-ring (bicyclic) bond motifs is 2. The minimum absolute atomic E-state index is 0.0369. The number of aromatic hydroxyl groups is 1. The number of rotatable bonds is 3. The Morgan fingerprint density at radius 2 is 1.45 bits per heavy atom. The van der Waals surface area contributed by atoms with E-state index in [0.29, 0.717) is 37.5 Å². The molecule has 7 nitrogen and oxygen atoms in total. The molecule has 0 bridgehead atoms. The van der Waals surface area contributed by atoms with E-state index in [2.05, 4.69) is 48.6 Å². The van der Waals surface area contributed by atoms with Gasteiger partial charge in [0, 0.05) is 35.0 Å². The molecular formula is C24H26Br2N2O5. The number of hydrogen-bond donors (Lipinski definition) is 3. The van der Waals surface area contributed by atoms with E-state index >= 15 is 0 Å². The standard InChI is InChI=1S/C15H18BrNO3.C9H8BrNO2/c16-12-7-11-1-2-14(18)17-15(11)13(8-12)20-9-10-3-5-19-6-4-10;10-6-3-5-1-2-8(13)11-9(5)7(12)4-6/h7-8,10H,1-6,9H2,(H,17,18);3-4,12H,1-2H2,(H,11,13). The highest BCUT2D eigenvalue weighted by atomic mass is 79.9. The number of anilines is 2. The van der Waals surface area contributed by atoms with Gasteiger partial charge in [0.05, 0.1) is 18.0 Å². The van der Waals surface area contributed by atoms with Crippen molar-refractivity contribution in [2.75, 3.05) is 30.5 Å². The number of ether oxygens (including phenoxy) is 2. The van der Waals surface area contributed by atoms with Crippen LogP contribution in [0.3, 0.4) is 0 Å². The molecule has 1 saturated heterocycles. The van der Waals surface area contributed by atoms with Crippen molar-refractivity contribution in [2.45, 2.75) is 38.5 Å². The van der Waals surface area contributed by atoms with Gasteiger partial charge in [0.2, 0.25) is 11.8 Å². The Kier molecular flexibility index (Phi) is 7.93. The topological polar surface area (TPSA) is 96.9 Å². The summed E-state index contributed by atoms with van der Waals surface area (Å²) in [6.07, 6.45) is 4.58. The molecule has 0 spiro atoms. The number of phenolic OH excluding ortho intramolecular Hbond substituents is 1. The first-order chi connectivity index (χ1) is 15.9. The highest BCUT2D eigenvalue weighted by Crippen LogP contribution is 2.37. The smallest absolute Gasteiger partial charge is 0.224 e. The van der Waals surface area contributed by atoms with Crippen LogP contribution in [0.4, 0.5) is 11.4 Å². The fraction of sp³-hybridized carbons (Fsp3) is 0.417. The summed E-state index contributed by atoms with van der Waals surface area (Å²) in [5, 5.41) is 15.1. The summed E-state index contributed by atoms with van der Waals surface area (Å²) >= 11 is 6.79. The number of aryl methyl sites for hydroxylation is 2. The Labute approximate surface area is 209 Å². The Morgan fingerprint density at radius 3 is 2.12 bits per heavy atom. The minimum atomic E-state index is -0.0369. The summed E-state index contributed by atoms with van der Waals surface area (Å²) in [7, 11) is 0. The van der Waals surface area contributed by atoms with Crippen LogP contribution in [0, 0.1) is 5.92 Å². The number of carbonyl (C=O) groups excluding carboxylic acids is 2. The van der Waals surface area contributed by atoms with E-state index in [1.807, 2.05) is 12.1 Å². The predicted octanol–water partition coefficient (Wildman–Crippen LogP) is 5.18. The molecule has 0 radical (unpaired) electrons.